The zero-order valence-electron chi connectivity index (χ0n) is 39.2. The van der Waals surface area contributed by atoms with Crippen LogP contribution in [-0.2, 0) is 30.4 Å². The Kier molecular flexibility index (Phi) is 15.7. The van der Waals surface area contributed by atoms with Gasteiger partial charge in [0.15, 0.2) is 23.1 Å². The van der Waals surface area contributed by atoms with E-state index in [1.165, 1.54) is 24.3 Å². The smallest absolute Gasteiger partial charge is 0.242 e. The summed E-state index contributed by atoms with van der Waals surface area (Å²) >= 11 is 0. The minimum absolute atomic E-state index is 0.0430. The van der Waals surface area contributed by atoms with Gasteiger partial charge in [0.1, 0.15) is 55.8 Å². The zero-order valence-corrected chi connectivity index (χ0v) is 39.2. The van der Waals surface area contributed by atoms with Gasteiger partial charge in [-0.3, -0.25) is 30.8 Å². The maximum absolute atomic E-state index is 15.1. The van der Waals surface area contributed by atoms with Gasteiger partial charge in [0.25, 0.3) is 0 Å². The fourth-order valence-corrected chi connectivity index (χ4v) is 10.5. The molecular weight excluding hydrogens is 939 g/mol. The highest BCUT2D eigenvalue weighted by Gasteiger charge is 2.50. The van der Waals surface area contributed by atoms with Crippen molar-refractivity contribution in [2.45, 2.75) is 87.1 Å². The van der Waals surface area contributed by atoms with Gasteiger partial charge in [0.05, 0.1) is 57.2 Å². The molecule has 386 valence electrons. The number of aldehydes is 1. The van der Waals surface area contributed by atoms with Crippen molar-refractivity contribution in [3.05, 3.63) is 111 Å². The van der Waals surface area contributed by atoms with Crippen LogP contribution in [0, 0.1) is 11.8 Å². The van der Waals surface area contributed by atoms with Crippen molar-refractivity contribution in [2.24, 2.45) is 23.3 Å². The van der Waals surface area contributed by atoms with Crippen molar-refractivity contribution in [3.8, 4) is 11.5 Å². The molecule has 3 aromatic carbocycles. The van der Waals surface area contributed by atoms with Crippen LogP contribution in [0.25, 0.3) is 0 Å². The van der Waals surface area contributed by atoms with E-state index < -0.39 is 104 Å². The van der Waals surface area contributed by atoms with Gasteiger partial charge in [0, 0.05) is 59.3 Å². The molecule has 1 aliphatic carbocycles. The summed E-state index contributed by atoms with van der Waals surface area (Å²) in [6, 6.07) is 12.5. The molecule has 6 aliphatic rings. The summed E-state index contributed by atoms with van der Waals surface area (Å²) in [6.45, 7) is -1.66. The number of aliphatic hydroxyl groups is 6. The summed E-state index contributed by atoms with van der Waals surface area (Å²) in [5.41, 5.74) is 14.4. The molecule has 1 amide bonds. The van der Waals surface area contributed by atoms with Gasteiger partial charge in [-0.1, -0.05) is 30.3 Å². The standard InChI is InChI=1S/C50H61N7O15/c51-36-15-25(9-11-53-36)27(18-61)20-69-46-43(66)42(65)35-22-68-19-26(4-3-12-58)37(30-5-1-2-6-34(30)57-23-54-39-47(57)55-50(52)56-48(39)67)33-16-32-38(41(64)31-14-24(17-60)7-8-29(31)40(32)63)45(44(33)72-49(46)71-35)70-21-28(62)10-13-59/h1-2,5-9,13-16,26-28,35,37,39,42-43,46-47,49-50,53-55,58,60-62,65-66H,3-4,10-12,17-23,51-52H2,(H,56,67)/t26-,27-,28+,35-,37-,39-,42-,43+,46-,47-,49+,50-/m0/s1. The Hall–Kier alpha value is -5.86. The second-order valence-corrected chi connectivity index (χ2v) is 18.7. The van der Waals surface area contributed by atoms with Crippen molar-refractivity contribution in [1.29, 1.82) is 0 Å². The third kappa shape index (κ3) is 9.97. The van der Waals surface area contributed by atoms with Gasteiger partial charge in [-0.15, -0.1) is 0 Å². The number of carbonyl (C=O) groups is 4. The Morgan fingerprint density at radius 2 is 1.78 bits per heavy atom. The lowest BCUT2D eigenvalue weighted by molar-refractivity contribution is -0.291. The number of amides is 1. The normalized spacial score (nSPS) is 28.8. The summed E-state index contributed by atoms with van der Waals surface area (Å²) in [4.78, 5) is 57.0. The summed E-state index contributed by atoms with van der Waals surface area (Å²) < 4.78 is 32.8. The van der Waals surface area contributed by atoms with Gasteiger partial charge in [-0.2, -0.15) is 0 Å². The molecule has 0 spiro atoms. The Morgan fingerprint density at radius 1 is 0.958 bits per heavy atom. The monoisotopic (exact) mass is 999 g/mol. The third-order valence-corrected chi connectivity index (χ3v) is 14.1. The first-order valence-corrected chi connectivity index (χ1v) is 24.1. The van der Waals surface area contributed by atoms with E-state index in [4.69, 9.17) is 35.2 Å². The van der Waals surface area contributed by atoms with E-state index in [2.05, 4.69) is 21.3 Å². The molecule has 0 aromatic heterocycles. The minimum Gasteiger partial charge on any atom is -0.486 e. The van der Waals surface area contributed by atoms with Crippen molar-refractivity contribution in [3.63, 3.8) is 0 Å². The molecule has 5 aliphatic heterocycles. The van der Waals surface area contributed by atoms with E-state index in [1.807, 2.05) is 35.2 Å². The Bertz CT molecular complexity index is 2600. The number of aliphatic hydroxyl groups excluding tert-OH is 6. The molecule has 12 atom stereocenters. The molecule has 5 heterocycles. The Morgan fingerprint density at radius 3 is 2.54 bits per heavy atom. The van der Waals surface area contributed by atoms with Crippen LogP contribution in [-0.4, -0.2) is 163 Å². The van der Waals surface area contributed by atoms with Crippen molar-refractivity contribution in [1.82, 2.24) is 21.3 Å². The molecule has 0 radical (unpaired) electrons. The minimum atomic E-state index is -1.71. The van der Waals surface area contributed by atoms with Crippen LogP contribution in [0.3, 0.4) is 0 Å². The number of nitrogens with zero attached hydrogens (tertiary/aromatic N) is 1. The van der Waals surface area contributed by atoms with Gasteiger partial charge in [0.2, 0.25) is 12.2 Å². The molecule has 72 heavy (non-hydrogen) atoms. The quantitative estimate of drug-likeness (QED) is 0.0541. The average Bonchev–Trinajstić information content (AvgIpc) is 3.79. The SMILES string of the molecule is NC1=CC([C@@H](CO)CO[C@@H]2[C@H]3Oc4c(cc5c(c4OC[C@H](O)CC=O)C(=O)c4cc(CO)ccc4C5=O)[C@H](c4ccccc4N4CN[C@@H]5C(=O)N[C@@H](N)N[C@H]54)[C@@H](CCCO)COC[C@H](O3)[C@H](O)[C@H]2O)=CCN1. The number of ether oxygens (including phenoxy) is 5. The predicted molar refractivity (Wildman–Crippen MR) is 254 cm³/mol. The van der Waals surface area contributed by atoms with Crippen molar-refractivity contribution < 1.29 is 73.5 Å². The number of hydrogen-bond acceptors (Lipinski definition) is 21. The van der Waals surface area contributed by atoms with E-state index in [0.29, 0.717) is 41.0 Å². The number of carbonyl (C=O) groups excluding carboxylic acids is 4. The van der Waals surface area contributed by atoms with Gasteiger partial charge in [-0.05, 0) is 65.8 Å². The van der Waals surface area contributed by atoms with Crippen molar-refractivity contribution >= 4 is 29.4 Å². The highest BCUT2D eigenvalue weighted by atomic mass is 16.7. The highest BCUT2D eigenvalue weighted by Crippen LogP contribution is 2.52. The molecule has 2 bridgehead atoms. The predicted octanol–water partition coefficient (Wildman–Crippen LogP) is -1.99. The Labute approximate surface area is 413 Å². The largest absolute Gasteiger partial charge is 0.486 e. The second kappa shape index (κ2) is 22.1. The number of nitrogens with two attached hydrogens (primary N) is 2. The number of dihydropyridines is 1. The van der Waals surface area contributed by atoms with E-state index in [-0.39, 0.29) is 97.6 Å². The molecule has 22 heteroatoms. The molecular formula is C50H61N7O15. The number of hydrogen-bond donors (Lipinski definition) is 12. The van der Waals surface area contributed by atoms with E-state index in [0.717, 1.165) is 0 Å². The van der Waals surface area contributed by atoms with Crippen LogP contribution in [0.4, 0.5) is 5.69 Å². The van der Waals surface area contributed by atoms with Crippen molar-refractivity contribution in [2.75, 3.05) is 57.8 Å². The number of anilines is 1. The molecule has 14 N–H and O–H groups in total. The zero-order chi connectivity index (χ0) is 50.8. The fourth-order valence-electron chi connectivity index (χ4n) is 10.5. The van der Waals surface area contributed by atoms with Gasteiger partial charge >= 0.3 is 0 Å². The second-order valence-electron chi connectivity index (χ2n) is 18.7. The van der Waals surface area contributed by atoms with Crippen LogP contribution in [0.5, 0.6) is 11.5 Å². The topological polar surface area (TPSA) is 339 Å². The first-order valence-electron chi connectivity index (χ1n) is 24.1. The molecule has 3 fully saturated rings. The number of fused-ring (bicyclic) bond motifs is 6. The third-order valence-electron chi connectivity index (χ3n) is 14.1. The average molecular weight is 1000 g/mol. The Balaban J connectivity index is 1.28. The lowest BCUT2D eigenvalue weighted by atomic mass is 9.74. The van der Waals surface area contributed by atoms with Crippen LogP contribution in [0.2, 0.25) is 0 Å². The molecule has 0 unspecified atom stereocenters. The molecule has 0 saturated carbocycles. The summed E-state index contributed by atoms with van der Waals surface area (Å²) in [5.74, 6) is -3.96. The molecule has 3 aromatic rings. The fraction of sp³-hybridized carbons (Fsp3) is 0.480. The van der Waals surface area contributed by atoms with E-state index in [9.17, 15) is 40.2 Å². The summed E-state index contributed by atoms with van der Waals surface area (Å²) in [7, 11) is 0. The maximum atomic E-state index is 15.1. The number of nitrogens with one attached hydrogen (secondary N) is 4. The number of para-hydroxylation sites is 1. The van der Waals surface area contributed by atoms with E-state index >= 15 is 9.59 Å². The van der Waals surface area contributed by atoms with Crippen LogP contribution in [0.1, 0.15) is 73.7 Å². The lowest BCUT2D eigenvalue weighted by Crippen LogP contribution is -2.70. The van der Waals surface area contributed by atoms with E-state index in [1.54, 1.807) is 6.08 Å². The van der Waals surface area contributed by atoms with Gasteiger partial charge in [-0.25, -0.2) is 0 Å². The molecule has 9 rings (SSSR count). The lowest BCUT2D eigenvalue weighted by Gasteiger charge is -2.43. The van der Waals surface area contributed by atoms with Crippen LogP contribution >= 0.6 is 0 Å². The first kappa shape index (κ1) is 51.1. The van der Waals surface area contributed by atoms with Gasteiger partial charge < -0.3 is 80.4 Å². The summed E-state index contributed by atoms with van der Waals surface area (Å²) in [6.07, 6.45) is -6.54. The maximum Gasteiger partial charge on any atom is 0.242 e. The molecule has 22 nitrogen and oxygen atoms in total. The summed E-state index contributed by atoms with van der Waals surface area (Å²) in [5, 5.41) is 78.0. The number of ketones is 2. The molecule has 3 saturated heterocycles. The number of rotatable bonds is 16. The van der Waals surface area contributed by atoms with Crippen LogP contribution < -0.4 is 47.1 Å². The number of benzene rings is 3. The number of allylic oxidation sites excluding steroid dienone is 1. The van der Waals surface area contributed by atoms with Crippen LogP contribution in [0.15, 0.2) is 72.1 Å². The first-order chi connectivity index (χ1) is 34.8. The highest BCUT2D eigenvalue weighted by molar-refractivity contribution is 6.29.